The van der Waals surface area contributed by atoms with Gasteiger partial charge >= 0.3 is 0 Å². The fourth-order valence-electron chi connectivity index (χ4n) is 4.05. The van der Waals surface area contributed by atoms with E-state index in [0.29, 0.717) is 0 Å². The molecule has 1 aromatic heterocycles. The molecule has 1 aromatic carbocycles. The number of aromatic nitrogens is 2. The minimum atomic E-state index is 0.807. The molecule has 4 nitrogen and oxygen atoms in total. The Bertz CT molecular complexity index is 782. The second-order valence-corrected chi connectivity index (χ2v) is 7.39. The number of quaternary nitrogens is 1. The van der Waals surface area contributed by atoms with Crippen LogP contribution < -0.4 is 4.90 Å². The molecule has 1 N–H and O–H groups in total. The Balaban J connectivity index is 1.60. The summed E-state index contributed by atoms with van der Waals surface area (Å²) in [6, 6.07) is 10.5. The lowest BCUT2D eigenvalue weighted by molar-refractivity contribution is -0.908. The van der Waals surface area contributed by atoms with Gasteiger partial charge in [-0.1, -0.05) is 42.5 Å². The van der Waals surface area contributed by atoms with E-state index in [4.69, 9.17) is 21.9 Å². The van der Waals surface area contributed by atoms with Crippen molar-refractivity contribution in [1.29, 1.82) is 0 Å². The molecule has 0 saturated carbocycles. The van der Waals surface area contributed by atoms with Gasteiger partial charge in [0, 0.05) is 29.8 Å². The second-order valence-electron chi connectivity index (χ2n) is 7.00. The van der Waals surface area contributed by atoms with E-state index in [2.05, 4.69) is 34.9 Å². The smallest absolute Gasteiger partial charge is 0.141 e. The highest BCUT2D eigenvalue weighted by Crippen LogP contribution is 2.28. The van der Waals surface area contributed by atoms with E-state index in [1.807, 2.05) is 0 Å². The number of benzene rings is 1. The minimum Gasteiger partial charge on any atom is -0.370 e. The van der Waals surface area contributed by atoms with E-state index in [9.17, 15) is 0 Å². The summed E-state index contributed by atoms with van der Waals surface area (Å²) in [6.07, 6.45) is 4.59. The van der Waals surface area contributed by atoms with Crippen LogP contribution in [0.15, 0.2) is 30.3 Å². The lowest BCUT2D eigenvalue weighted by atomic mass is 10.1. The number of morpholine rings is 1. The predicted octanol–water partition coefficient (Wildman–Crippen LogP) is 2.07. The van der Waals surface area contributed by atoms with Crippen LogP contribution in [0.2, 0.25) is 0 Å². The number of nitrogens with zero attached hydrogens (tertiary/aromatic N) is 2. The molecule has 0 bridgehead atoms. The van der Waals surface area contributed by atoms with Crippen LogP contribution in [0.4, 0.5) is 0 Å². The Morgan fingerprint density at radius 2 is 1.92 bits per heavy atom. The number of nitrogens with one attached hydrogen (secondary N) is 1. The molecule has 1 saturated heterocycles. The maximum absolute atomic E-state index is 5.60. The van der Waals surface area contributed by atoms with Gasteiger partial charge in [0.1, 0.15) is 23.6 Å². The SMILES string of the molecule is S=c1nc(-c2ccccc2)n(CCC[NH+]2CCOCC2)c2c1CCC2. The quantitative estimate of drug-likeness (QED) is 0.833. The summed E-state index contributed by atoms with van der Waals surface area (Å²) >= 11 is 5.60. The molecule has 0 spiro atoms. The van der Waals surface area contributed by atoms with Crippen LogP contribution >= 0.6 is 12.2 Å². The molecule has 0 amide bonds. The molecular formula is C20H26N3OS+. The van der Waals surface area contributed by atoms with Crippen molar-refractivity contribution in [3.63, 3.8) is 0 Å². The molecule has 2 aromatic rings. The van der Waals surface area contributed by atoms with Gasteiger partial charge in [-0.15, -0.1) is 0 Å². The molecule has 2 heterocycles. The number of rotatable bonds is 5. The monoisotopic (exact) mass is 356 g/mol. The van der Waals surface area contributed by atoms with Gasteiger partial charge in [0.05, 0.1) is 19.8 Å². The normalized spacial score (nSPS) is 17.6. The first-order valence-electron chi connectivity index (χ1n) is 9.42. The van der Waals surface area contributed by atoms with Gasteiger partial charge in [0.25, 0.3) is 0 Å². The molecule has 1 aliphatic heterocycles. The average molecular weight is 357 g/mol. The van der Waals surface area contributed by atoms with Gasteiger partial charge in [-0.05, 0) is 19.3 Å². The number of ether oxygens (including phenoxy) is 1. The predicted molar refractivity (Wildman–Crippen MR) is 102 cm³/mol. The third-order valence-electron chi connectivity index (χ3n) is 5.38. The highest BCUT2D eigenvalue weighted by Gasteiger charge is 2.21. The van der Waals surface area contributed by atoms with Crippen LogP contribution in [0.25, 0.3) is 11.4 Å². The van der Waals surface area contributed by atoms with Crippen molar-refractivity contribution in [3.05, 3.63) is 46.2 Å². The van der Waals surface area contributed by atoms with Crippen molar-refractivity contribution in [3.8, 4) is 11.4 Å². The fraction of sp³-hybridized carbons (Fsp3) is 0.500. The van der Waals surface area contributed by atoms with Crippen LogP contribution in [0.3, 0.4) is 0 Å². The van der Waals surface area contributed by atoms with Crippen molar-refractivity contribution in [2.45, 2.75) is 32.2 Å². The third kappa shape index (κ3) is 3.68. The molecule has 4 rings (SSSR count). The third-order valence-corrected chi connectivity index (χ3v) is 5.72. The highest BCUT2D eigenvalue weighted by atomic mass is 32.1. The number of hydrogen-bond donors (Lipinski definition) is 1. The van der Waals surface area contributed by atoms with E-state index < -0.39 is 0 Å². The van der Waals surface area contributed by atoms with E-state index in [1.165, 1.54) is 36.2 Å². The van der Waals surface area contributed by atoms with Crippen LogP contribution in [0.1, 0.15) is 24.1 Å². The van der Waals surface area contributed by atoms with Crippen LogP contribution in [0.5, 0.6) is 0 Å². The summed E-state index contributed by atoms with van der Waals surface area (Å²) in [5, 5.41) is 0. The minimum absolute atomic E-state index is 0.807. The van der Waals surface area contributed by atoms with Crippen molar-refractivity contribution in [2.75, 3.05) is 32.8 Å². The fourth-order valence-corrected chi connectivity index (χ4v) is 4.36. The molecule has 1 aliphatic carbocycles. The zero-order chi connectivity index (χ0) is 17.1. The first-order valence-corrected chi connectivity index (χ1v) is 9.83. The lowest BCUT2D eigenvalue weighted by Gasteiger charge is -2.24. The zero-order valence-electron chi connectivity index (χ0n) is 14.7. The molecular weight excluding hydrogens is 330 g/mol. The first kappa shape index (κ1) is 16.9. The largest absolute Gasteiger partial charge is 0.370 e. The summed E-state index contributed by atoms with van der Waals surface area (Å²) < 4.78 is 8.73. The van der Waals surface area contributed by atoms with Gasteiger partial charge < -0.3 is 14.2 Å². The van der Waals surface area contributed by atoms with Gasteiger partial charge in [-0.25, -0.2) is 4.98 Å². The van der Waals surface area contributed by atoms with Crippen molar-refractivity contribution < 1.29 is 9.64 Å². The molecule has 5 heteroatoms. The Labute approximate surface area is 154 Å². The highest BCUT2D eigenvalue weighted by molar-refractivity contribution is 7.71. The Morgan fingerprint density at radius 1 is 1.12 bits per heavy atom. The van der Waals surface area contributed by atoms with Crippen LogP contribution in [-0.2, 0) is 24.1 Å². The van der Waals surface area contributed by atoms with Crippen molar-refractivity contribution >= 4 is 12.2 Å². The summed E-state index contributed by atoms with van der Waals surface area (Å²) in [4.78, 5) is 6.50. The van der Waals surface area contributed by atoms with Gasteiger partial charge in [-0.2, -0.15) is 0 Å². The molecule has 2 aliphatic rings. The first-order chi connectivity index (χ1) is 12.3. The van der Waals surface area contributed by atoms with E-state index in [-0.39, 0.29) is 0 Å². The maximum atomic E-state index is 5.60. The number of hydrogen-bond acceptors (Lipinski definition) is 3. The average Bonchev–Trinajstić information content (AvgIpc) is 3.15. The van der Waals surface area contributed by atoms with E-state index in [1.54, 1.807) is 4.90 Å². The van der Waals surface area contributed by atoms with Crippen LogP contribution in [-0.4, -0.2) is 42.4 Å². The Kier molecular flexibility index (Phi) is 5.25. The summed E-state index contributed by atoms with van der Waals surface area (Å²) in [7, 11) is 0. The molecule has 0 radical (unpaired) electrons. The summed E-state index contributed by atoms with van der Waals surface area (Å²) in [6.45, 7) is 6.31. The van der Waals surface area contributed by atoms with E-state index >= 15 is 0 Å². The van der Waals surface area contributed by atoms with Crippen molar-refractivity contribution in [2.24, 2.45) is 0 Å². The standard InChI is InChI=1S/C20H25N3OS/c25-20-17-8-4-9-18(17)23(11-5-10-22-12-14-24-15-13-22)19(21-20)16-6-2-1-3-7-16/h1-3,6-7H,4-5,8-15H2/p+1. The van der Waals surface area contributed by atoms with Crippen molar-refractivity contribution in [1.82, 2.24) is 9.55 Å². The topological polar surface area (TPSA) is 31.5 Å². The molecule has 1 fully saturated rings. The molecule has 25 heavy (non-hydrogen) atoms. The van der Waals surface area contributed by atoms with Gasteiger partial charge in [0.15, 0.2) is 0 Å². The van der Waals surface area contributed by atoms with Crippen LogP contribution in [0, 0.1) is 4.64 Å². The lowest BCUT2D eigenvalue weighted by Crippen LogP contribution is -3.14. The molecule has 0 atom stereocenters. The molecule has 0 unspecified atom stereocenters. The Morgan fingerprint density at radius 3 is 2.72 bits per heavy atom. The summed E-state index contributed by atoms with van der Waals surface area (Å²) in [5.41, 5.74) is 3.91. The second kappa shape index (κ2) is 7.77. The zero-order valence-corrected chi connectivity index (χ0v) is 15.5. The molecule has 132 valence electrons. The number of fused-ring (bicyclic) bond motifs is 1. The van der Waals surface area contributed by atoms with E-state index in [0.717, 1.165) is 56.2 Å². The summed E-state index contributed by atoms with van der Waals surface area (Å²) in [5.74, 6) is 1.04. The van der Waals surface area contributed by atoms with Gasteiger partial charge in [0.2, 0.25) is 0 Å². The Hall–Kier alpha value is -1.56. The maximum Gasteiger partial charge on any atom is 0.141 e. The van der Waals surface area contributed by atoms with Gasteiger partial charge in [-0.3, -0.25) is 0 Å².